The summed E-state index contributed by atoms with van der Waals surface area (Å²) in [5, 5.41) is 9.43. The number of hydrogen-bond acceptors (Lipinski definition) is 3. The molecule has 1 fully saturated rings. The number of halogens is 2. The van der Waals surface area contributed by atoms with E-state index >= 15 is 0 Å². The quantitative estimate of drug-likeness (QED) is 0.757. The molecule has 0 radical (unpaired) electrons. The van der Waals surface area contributed by atoms with Gasteiger partial charge in [-0.25, -0.2) is 13.8 Å². The molecule has 1 saturated carbocycles. The van der Waals surface area contributed by atoms with E-state index in [1.165, 1.54) is 11.6 Å². The van der Waals surface area contributed by atoms with Gasteiger partial charge in [0.1, 0.15) is 12.4 Å². The van der Waals surface area contributed by atoms with Gasteiger partial charge in [-0.3, -0.25) is 4.79 Å². The number of para-hydroxylation sites is 1. The molecular weight excluding hydrogens is 374 g/mol. The number of hydrogen-bond donors (Lipinski definition) is 1. The van der Waals surface area contributed by atoms with E-state index < -0.39 is 17.6 Å². The van der Waals surface area contributed by atoms with Crippen molar-refractivity contribution in [2.45, 2.75) is 38.5 Å². The van der Waals surface area contributed by atoms with Crippen LogP contribution in [0.3, 0.4) is 0 Å². The molecule has 2 aliphatic rings. The molecule has 2 aromatic carbocycles. The SMILES string of the molecule is O=C(O)CN1C(CCc2cccc(F)c2F)=NC(=C2CCCC2)c2ccccc21. The Hall–Kier alpha value is -3.02. The van der Waals surface area contributed by atoms with Crippen LogP contribution in [0.2, 0.25) is 0 Å². The van der Waals surface area contributed by atoms with Gasteiger partial charge in [0, 0.05) is 12.0 Å². The minimum absolute atomic E-state index is 0.232. The molecule has 150 valence electrons. The van der Waals surface area contributed by atoms with Crippen LogP contribution in [0.25, 0.3) is 5.70 Å². The largest absolute Gasteiger partial charge is 0.480 e. The zero-order valence-corrected chi connectivity index (χ0v) is 16.0. The topological polar surface area (TPSA) is 52.9 Å². The molecule has 1 heterocycles. The first kappa shape index (κ1) is 19.3. The molecule has 0 bridgehead atoms. The molecule has 2 aromatic rings. The number of aliphatic imine (C=N–C) groups is 1. The van der Waals surface area contributed by atoms with Gasteiger partial charge in [0.05, 0.1) is 11.4 Å². The Kier molecular flexibility index (Phi) is 5.43. The van der Waals surface area contributed by atoms with Crippen molar-refractivity contribution in [1.82, 2.24) is 0 Å². The Balaban J connectivity index is 1.73. The fourth-order valence-corrected chi connectivity index (χ4v) is 4.10. The van der Waals surface area contributed by atoms with Gasteiger partial charge in [-0.05, 0) is 55.4 Å². The molecule has 0 aromatic heterocycles. The Morgan fingerprint density at radius 1 is 1.03 bits per heavy atom. The van der Waals surface area contributed by atoms with E-state index in [0.29, 0.717) is 12.3 Å². The van der Waals surface area contributed by atoms with Crippen LogP contribution in [0.15, 0.2) is 53.0 Å². The lowest BCUT2D eigenvalue weighted by molar-refractivity contribution is -0.135. The van der Waals surface area contributed by atoms with Crippen LogP contribution >= 0.6 is 0 Å². The molecule has 6 heteroatoms. The second kappa shape index (κ2) is 8.15. The molecule has 1 aliphatic carbocycles. The molecule has 0 saturated heterocycles. The van der Waals surface area contributed by atoms with E-state index in [4.69, 9.17) is 4.99 Å². The maximum atomic E-state index is 14.1. The summed E-state index contributed by atoms with van der Waals surface area (Å²) in [6.45, 7) is -0.232. The van der Waals surface area contributed by atoms with Crippen molar-refractivity contribution in [3.63, 3.8) is 0 Å². The van der Waals surface area contributed by atoms with E-state index in [0.717, 1.165) is 48.7 Å². The molecule has 0 amide bonds. The minimum atomic E-state index is -0.971. The third-order valence-corrected chi connectivity index (χ3v) is 5.49. The summed E-state index contributed by atoms with van der Waals surface area (Å²) < 4.78 is 27.6. The molecule has 1 aliphatic heterocycles. The maximum absolute atomic E-state index is 14.1. The Morgan fingerprint density at radius 3 is 2.55 bits per heavy atom. The van der Waals surface area contributed by atoms with Gasteiger partial charge in [0.15, 0.2) is 11.6 Å². The molecule has 29 heavy (non-hydrogen) atoms. The lowest BCUT2D eigenvalue weighted by Crippen LogP contribution is -2.38. The maximum Gasteiger partial charge on any atom is 0.323 e. The molecule has 0 atom stereocenters. The van der Waals surface area contributed by atoms with E-state index in [1.54, 1.807) is 11.0 Å². The highest BCUT2D eigenvalue weighted by Gasteiger charge is 2.28. The fourth-order valence-electron chi connectivity index (χ4n) is 4.10. The third-order valence-electron chi connectivity index (χ3n) is 5.49. The van der Waals surface area contributed by atoms with E-state index in [1.807, 2.05) is 24.3 Å². The summed E-state index contributed by atoms with van der Waals surface area (Å²) in [6.07, 6.45) is 4.77. The number of carboxylic acid groups (broad SMARTS) is 1. The lowest BCUT2D eigenvalue weighted by Gasteiger charge is -2.32. The summed E-state index contributed by atoms with van der Waals surface area (Å²) in [4.78, 5) is 18.0. The van der Waals surface area contributed by atoms with Crippen LogP contribution in [0.5, 0.6) is 0 Å². The van der Waals surface area contributed by atoms with Gasteiger partial charge in [-0.15, -0.1) is 0 Å². The van der Waals surface area contributed by atoms with Gasteiger partial charge >= 0.3 is 5.97 Å². The van der Waals surface area contributed by atoms with Gasteiger partial charge in [-0.2, -0.15) is 0 Å². The van der Waals surface area contributed by atoms with Gasteiger partial charge in [0.2, 0.25) is 0 Å². The summed E-state index contributed by atoms with van der Waals surface area (Å²) in [5.74, 6) is -2.14. The van der Waals surface area contributed by atoms with Gasteiger partial charge < -0.3 is 10.0 Å². The van der Waals surface area contributed by atoms with Crippen molar-refractivity contribution < 1.29 is 18.7 Å². The predicted octanol–water partition coefficient (Wildman–Crippen LogP) is 5.19. The highest BCUT2D eigenvalue weighted by Crippen LogP contribution is 2.40. The van der Waals surface area contributed by atoms with Crippen molar-refractivity contribution in [3.8, 4) is 0 Å². The van der Waals surface area contributed by atoms with Crippen molar-refractivity contribution in [2.24, 2.45) is 4.99 Å². The van der Waals surface area contributed by atoms with E-state index in [9.17, 15) is 18.7 Å². The van der Waals surface area contributed by atoms with Crippen LogP contribution in [-0.4, -0.2) is 23.5 Å². The molecular formula is C23H22F2N2O2. The summed E-state index contributed by atoms with van der Waals surface area (Å²) >= 11 is 0. The van der Waals surface area contributed by atoms with Crippen LogP contribution in [0.1, 0.15) is 43.2 Å². The second-order valence-electron chi connectivity index (χ2n) is 7.40. The summed E-state index contributed by atoms with van der Waals surface area (Å²) in [5.41, 5.74) is 4.19. The number of carbonyl (C=O) groups is 1. The first-order valence-electron chi connectivity index (χ1n) is 9.86. The Labute approximate surface area is 168 Å². The summed E-state index contributed by atoms with van der Waals surface area (Å²) in [6, 6.07) is 11.8. The van der Waals surface area contributed by atoms with Crippen molar-refractivity contribution in [3.05, 3.63) is 70.8 Å². The van der Waals surface area contributed by atoms with Crippen LogP contribution in [0, 0.1) is 11.6 Å². The van der Waals surface area contributed by atoms with Crippen LogP contribution in [-0.2, 0) is 11.2 Å². The highest BCUT2D eigenvalue weighted by molar-refractivity contribution is 6.08. The minimum Gasteiger partial charge on any atom is -0.480 e. The van der Waals surface area contributed by atoms with Gasteiger partial charge in [0.25, 0.3) is 0 Å². The van der Waals surface area contributed by atoms with E-state index in [2.05, 4.69) is 0 Å². The lowest BCUT2D eigenvalue weighted by atomic mass is 9.99. The van der Waals surface area contributed by atoms with Gasteiger partial charge in [-0.1, -0.05) is 30.3 Å². The number of fused-ring (bicyclic) bond motifs is 1. The number of benzene rings is 2. The summed E-state index contributed by atoms with van der Waals surface area (Å²) in [7, 11) is 0. The van der Waals surface area contributed by atoms with Crippen molar-refractivity contribution in [1.29, 1.82) is 0 Å². The van der Waals surface area contributed by atoms with Crippen LogP contribution < -0.4 is 4.90 Å². The standard InChI is InChI=1S/C23H22F2N2O2/c24-18-10-5-8-15(22(18)25)12-13-20-26-23(16-6-1-2-7-16)17-9-3-4-11-19(17)27(20)14-21(28)29/h3-5,8-11H,1-2,6-7,12-14H2,(H,28,29). The number of anilines is 1. The number of aliphatic carboxylic acids is 1. The number of amidine groups is 1. The number of allylic oxidation sites excluding steroid dienone is 1. The first-order valence-corrected chi connectivity index (χ1v) is 9.86. The van der Waals surface area contributed by atoms with Crippen LogP contribution in [0.4, 0.5) is 14.5 Å². The molecule has 4 nitrogen and oxygen atoms in total. The third kappa shape index (κ3) is 3.92. The first-order chi connectivity index (χ1) is 14.0. The normalized spacial score (nSPS) is 16.1. The van der Waals surface area contributed by atoms with E-state index in [-0.39, 0.29) is 18.5 Å². The number of aryl methyl sites for hydroxylation is 1. The molecule has 0 unspecified atom stereocenters. The molecule has 0 spiro atoms. The average molecular weight is 396 g/mol. The molecule has 4 rings (SSSR count). The number of nitrogens with zero attached hydrogens (tertiary/aromatic N) is 2. The number of rotatable bonds is 5. The number of carboxylic acids is 1. The Morgan fingerprint density at radius 2 is 1.79 bits per heavy atom. The highest BCUT2D eigenvalue weighted by atomic mass is 19.2. The van der Waals surface area contributed by atoms with Crippen molar-refractivity contribution >= 4 is 23.2 Å². The predicted molar refractivity (Wildman–Crippen MR) is 109 cm³/mol. The smallest absolute Gasteiger partial charge is 0.323 e. The average Bonchev–Trinajstić information content (AvgIpc) is 3.24. The zero-order valence-electron chi connectivity index (χ0n) is 16.0. The second-order valence-corrected chi connectivity index (χ2v) is 7.40. The Bertz CT molecular complexity index is 1010. The fraction of sp³-hybridized carbons (Fsp3) is 0.304. The molecule has 1 N–H and O–H groups in total. The zero-order chi connectivity index (χ0) is 20.4. The van der Waals surface area contributed by atoms with Crippen molar-refractivity contribution in [2.75, 3.05) is 11.4 Å². The monoisotopic (exact) mass is 396 g/mol.